The van der Waals surface area contributed by atoms with E-state index in [9.17, 15) is 9.59 Å². The minimum atomic E-state index is -0.0389. The molecular formula is C21H26N4O2S2. The third-order valence-corrected chi connectivity index (χ3v) is 8.11. The fraction of sp³-hybridized carbons (Fsp3) is 0.619. The van der Waals surface area contributed by atoms with Crippen molar-refractivity contribution >= 4 is 39.2 Å². The second-order valence-corrected chi connectivity index (χ2v) is 9.94. The summed E-state index contributed by atoms with van der Waals surface area (Å²) in [4.78, 5) is 34.7. The minimum Gasteiger partial charge on any atom is -0.344 e. The molecule has 0 unspecified atom stereocenters. The van der Waals surface area contributed by atoms with Gasteiger partial charge in [-0.3, -0.25) is 14.2 Å². The van der Waals surface area contributed by atoms with Gasteiger partial charge in [0.1, 0.15) is 4.83 Å². The largest absolute Gasteiger partial charge is 0.344 e. The predicted octanol–water partition coefficient (Wildman–Crippen LogP) is 3.92. The number of nitriles is 1. The highest BCUT2D eigenvalue weighted by molar-refractivity contribution is 7.99. The van der Waals surface area contributed by atoms with Crippen LogP contribution in [0.3, 0.4) is 0 Å². The van der Waals surface area contributed by atoms with E-state index in [1.54, 1.807) is 23.3 Å². The quantitative estimate of drug-likeness (QED) is 0.513. The zero-order valence-electron chi connectivity index (χ0n) is 16.8. The van der Waals surface area contributed by atoms with Gasteiger partial charge >= 0.3 is 0 Å². The molecule has 2 aliphatic rings. The Morgan fingerprint density at radius 1 is 1.31 bits per heavy atom. The molecule has 2 aliphatic carbocycles. The van der Waals surface area contributed by atoms with Gasteiger partial charge in [-0.05, 0) is 44.1 Å². The molecule has 0 N–H and O–H groups in total. The summed E-state index contributed by atoms with van der Waals surface area (Å²) in [6.45, 7) is 0.426. The monoisotopic (exact) mass is 430 g/mol. The van der Waals surface area contributed by atoms with E-state index < -0.39 is 0 Å². The van der Waals surface area contributed by atoms with Crippen LogP contribution in [0.4, 0.5) is 0 Å². The molecule has 1 amide bonds. The normalized spacial score (nSPS) is 16.7. The van der Waals surface area contributed by atoms with E-state index in [-0.39, 0.29) is 23.3 Å². The number of carbonyl (C=O) groups is 1. The van der Waals surface area contributed by atoms with Crippen molar-refractivity contribution in [3.05, 3.63) is 20.8 Å². The van der Waals surface area contributed by atoms with Gasteiger partial charge in [0.25, 0.3) is 5.56 Å². The summed E-state index contributed by atoms with van der Waals surface area (Å²) in [5.41, 5.74) is 1.32. The molecule has 1 saturated carbocycles. The van der Waals surface area contributed by atoms with Crippen molar-refractivity contribution in [3.8, 4) is 6.07 Å². The average molecular weight is 431 g/mol. The van der Waals surface area contributed by atoms with Crippen LogP contribution in [0.1, 0.15) is 61.4 Å². The first kappa shape index (κ1) is 20.4. The first-order valence-corrected chi connectivity index (χ1v) is 12.2. The summed E-state index contributed by atoms with van der Waals surface area (Å²) in [6.07, 6.45) is 8.95. The molecule has 2 heterocycles. The molecule has 0 aromatic carbocycles. The lowest BCUT2D eigenvalue weighted by Crippen LogP contribution is -2.30. The number of hydrogen-bond donors (Lipinski definition) is 0. The third kappa shape index (κ3) is 4.08. The van der Waals surface area contributed by atoms with E-state index in [0.29, 0.717) is 18.1 Å². The Balaban J connectivity index is 1.68. The number of thioether (sulfide) groups is 1. The van der Waals surface area contributed by atoms with Crippen LogP contribution >= 0.6 is 23.1 Å². The van der Waals surface area contributed by atoms with Crippen molar-refractivity contribution in [2.24, 2.45) is 0 Å². The highest BCUT2D eigenvalue weighted by Crippen LogP contribution is 2.37. The molecule has 29 heavy (non-hydrogen) atoms. The summed E-state index contributed by atoms with van der Waals surface area (Å²) in [6, 6.07) is 2.26. The minimum absolute atomic E-state index is 0.0389. The molecule has 2 aromatic rings. The van der Waals surface area contributed by atoms with Crippen LogP contribution in [0.2, 0.25) is 0 Å². The maximum atomic E-state index is 13.6. The summed E-state index contributed by atoms with van der Waals surface area (Å²) in [5, 5.41) is 10.2. The van der Waals surface area contributed by atoms with E-state index in [2.05, 4.69) is 6.07 Å². The van der Waals surface area contributed by atoms with E-state index in [4.69, 9.17) is 10.2 Å². The molecule has 0 spiro atoms. The Morgan fingerprint density at radius 3 is 2.83 bits per heavy atom. The molecule has 4 rings (SSSR count). The molecule has 6 nitrogen and oxygen atoms in total. The maximum Gasteiger partial charge on any atom is 0.263 e. The molecule has 8 heteroatoms. The topological polar surface area (TPSA) is 79.0 Å². The zero-order chi connectivity index (χ0) is 20.4. The van der Waals surface area contributed by atoms with Crippen LogP contribution in [0.15, 0.2) is 9.95 Å². The van der Waals surface area contributed by atoms with Gasteiger partial charge in [-0.15, -0.1) is 11.3 Å². The Kier molecular flexibility index (Phi) is 6.26. The van der Waals surface area contributed by atoms with Crippen LogP contribution < -0.4 is 5.56 Å². The average Bonchev–Trinajstić information content (AvgIpc) is 3.37. The van der Waals surface area contributed by atoms with Crippen LogP contribution in [0, 0.1) is 11.3 Å². The second-order valence-electron chi connectivity index (χ2n) is 7.91. The molecule has 0 atom stereocenters. The van der Waals surface area contributed by atoms with Gasteiger partial charge in [-0.25, -0.2) is 4.98 Å². The van der Waals surface area contributed by atoms with Crippen molar-refractivity contribution in [2.45, 2.75) is 69.0 Å². The highest BCUT2D eigenvalue weighted by Gasteiger charge is 2.27. The number of thiophene rings is 1. The fourth-order valence-electron chi connectivity index (χ4n) is 4.36. The number of hydrogen-bond acceptors (Lipinski definition) is 6. The molecule has 0 radical (unpaired) electrons. The lowest BCUT2D eigenvalue weighted by atomic mass is 9.97. The van der Waals surface area contributed by atoms with Crippen LogP contribution in [-0.2, 0) is 17.6 Å². The fourth-order valence-corrected chi connectivity index (χ4v) is 6.67. The van der Waals surface area contributed by atoms with Gasteiger partial charge in [0, 0.05) is 24.5 Å². The number of carbonyl (C=O) groups excluding carboxylic acids is 1. The number of amides is 1. The first-order chi connectivity index (χ1) is 14.1. The van der Waals surface area contributed by atoms with Gasteiger partial charge < -0.3 is 4.90 Å². The third-order valence-electron chi connectivity index (χ3n) is 5.99. The van der Waals surface area contributed by atoms with Crippen LogP contribution in [0.5, 0.6) is 0 Å². The molecule has 0 aliphatic heterocycles. The van der Waals surface area contributed by atoms with Gasteiger partial charge in [0.15, 0.2) is 5.16 Å². The standard InChI is InChI=1S/C21H26N4O2S2/c1-24(12-6-11-22)17(26)13-28-21-23-19-18(15-9-4-5-10-16(15)29-19)20(27)25(21)14-7-2-3-8-14/h14H,2-10,12-13H2,1H3. The molecule has 0 bridgehead atoms. The Morgan fingerprint density at radius 2 is 2.07 bits per heavy atom. The summed E-state index contributed by atoms with van der Waals surface area (Å²) in [7, 11) is 1.72. The van der Waals surface area contributed by atoms with E-state index >= 15 is 0 Å². The van der Waals surface area contributed by atoms with E-state index in [0.717, 1.165) is 55.2 Å². The summed E-state index contributed by atoms with van der Waals surface area (Å²) >= 11 is 3.02. The SMILES string of the molecule is CN(CCC#N)C(=O)CSc1nc2sc3c(c2c(=O)n1C1CCCC1)CCCC3. The van der Waals surface area contributed by atoms with Crippen LogP contribution in [0.25, 0.3) is 10.2 Å². The highest BCUT2D eigenvalue weighted by atomic mass is 32.2. The Bertz CT molecular complexity index is 1010. The van der Waals surface area contributed by atoms with Gasteiger partial charge in [0.2, 0.25) is 5.91 Å². The van der Waals surface area contributed by atoms with Gasteiger partial charge in [0.05, 0.1) is 23.6 Å². The number of rotatable bonds is 6. The second kappa shape index (κ2) is 8.88. The molecule has 154 valence electrons. The lowest BCUT2D eigenvalue weighted by Gasteiger charge is -2.19. The smallest absolute Gasteiger partial charge is 0.263 e. The number of aromatic nitrogens is 2. The van der Waals surface area contributed by atoms with E-state index in [1.165, 1.54) is 28.6 Å². The Hall–Kier alpha value is -1.85. The lowest BCUT2D eigenvalue weighted by molar-refractivity contribution is -0.127. The molecular weight excluding hydrogens is 404 g/mol. The van der Waals surface area contributed by atoms with Gasteiger partial charge in [-0.1, -0.05) is 24.6 Å². The maximum absolute atomic E-state index is 13.6. The van der Waals surface area contributed by atoms with Crippen molar-refractivity contribution < 1.29 is 4.79 Å². The first-order valence-electron chi connectivity index (χ1n) is 10.4. The number of aryl methyl sites for hydroxylation is 2. The van der Waals surface area contributed by atoms with Gasteiger partial charge in [-0.2, -0.15) is 5.26 Å². The molecule has 2 aromatic heterocycles. The van der Waals surface area contributed by atoms with Crippen LogP contribution in [-0.4, -0.2) is 39.7 Å². The predicted molar refractivity (Wildman–Crippen MR) is 117 cm³/mol. The van der Waals surface area contributed by atoms with Crippen molar-refractivity contribution in [3.63, 3.8) is 0 Å². The molecule has 0 saturated heterocycles. The van der Waals surface area contributed by atoms with E-state index in [1.807, 2.05) is 4.57 Å². The number of fused-ring (bicyclic) bond motifs is 3. The zero-order valence-corrected chi connectivity index (χ0v) is 18.4. The van der Waals surface area contributed by atoms with Crippen molar-refractivity contribution in [1.82, 2.24) is 14.5 Å². The number of nitrogens with zero attached hydrogens (tertiary/aromatic N) is 4. The van der Waals surface area contributed by atoms with Crippen molar-refractivity contribution in [1.29, 1.82) is 5.26 Å². The molecule has 1 fully saturated rings. The summed E-state index contributed by atoms with van der Waals surface area (Å²) < 4.78 is 1.89. The van der Waals surface area contributed by atoms with Crippen molar-refractivity contribution in [2.75, 3.05) is 19.3 Å². The summed E-state index contributed by atoms with van der Waals surface area (Å²) in [5.74, 6) is 0.195. The Labute approximate surface area is 178 Å².